The fourth-order valence-corrected chi connectivity index (χ4v) is 17.7. The summed E-state index contributed by atoms with van der Waals surface area (Å²) < 4.78 is 0. The summed E-state index contributed by atoms with van der Waals surface area (Å²) in [6.07, 6.45) is 0. The van der Waals surface area contributed by atoms with E-state index in [1.165, 1.54) is 18.1 Å². The predicted octanol–water partition coefficient (Wildman–Crippen LogP) is 3.48. The van der Waals surface area contributed by atoms with Crippen LogP contribution < -0.4 is 0 Å². The van der Waals surface area contributed by atoms with Gasteiger partial charge >= 0.3 is 0 Å². The van der Waals surface area contributed by atoms with Gasteiger partial charge in [-0.25, -0.2) is 0 Å². The zero-order valence-electron chi connectivity index (χ0n) is 6.37. The Bertz CT molecular complexity index is 106. The highest BCUT2D eigenvalue weighted by atomic mass is 79.9. The number of rotatable bonds is 1. The summed E-state index contributed by atoms with van der Waals surface area (Å²) in [6.45, 7) is 2.37. The lowest BCUT2D eigenvalue weighted by Crippen LogP contribution is -2.28. The molecule has 0 amide bonds. The summed E-state index contributed by atoms with van der Waals surface area (Å²) in [5.74, 6) is 0. The molecule has 0 aromatic rings. The molecular formula is C6H14Br2Si2. The average molecular weight is 302 g/mol. The van der Waals surface area contributed by atoms with Crippen LogP contribution in [-0.4, -0.2) is 14.1 Å². The van der Waals surface area contributed by atoms with Gasteiger partial charge in [-0.2, -0.15) is 0 Å². The zero-order valence-corrected chi connectivity index (χ0v) is 11.7. The van der Waals surface area contributed by atoms with Crippen molar-refractivity contribution in [2.24, 2.45) is 0 Å². The lowest BCUT2D eigenvalue weighted by atomic mass is 10.9. The molecule has 1 fully saturated rings. The average Bonchev–Trinajstić information content (AvgIpc) is 1.88. The molecule has 1 heterocycles. The van der Waals surface area contributed by atoms with E-state index in [-0.39, 0.29) is 8.80 Å². The molecule has 10 heavy (non-hydrogen) atoms. The Kier molecular flexibility index (Phi) is 3.67. The van der Waals surface area contributed by atoms with Crippen LogP contribution in [0.15, 0.2) is 0 Å². The normalized spacial score (nSPS) is 26.7. The summed E-state index contributed by atoms with van der Waals surface area (Å²) in [6, 6.07) is 7.65. The molecule has 0 saturated carbocycles. The van der Waals surface area contributed by atoms with E-state index in [0.717, 1.165) is 0 Å². The lowest BCUT2D eigenvalue weighted by molar-refractivity contribution is 1.16. The van der Waals surface area contributed by atoms with Gasteiger partial charge in [0.05, 0.1) is 0 Å². The van der Waals surface area contributed by atoms with Gasteiger partial charge in [0, 0.05) is 8.80 Å². The molecule has 0 aliphatic carbocycles. The first-order chi connectivity index (χ1) is 4.64. The minimum absolute atomic E-state index is 0.213. The predicted molar refractivity (Wildman–Crippen MR) is 60.5 cm³/mol. The standard InChI is InChI=1S/C6H14Br2Si2/c1-2-9-3-5-10(7,8)6-4-9/h9H,2-6H2,1H3. The van der Waals surface area contributed by atoms with Gasteiger partial charge in [0.25, 0.3) is 0 Å². The maximum Gasteiger partial charge on any atom is 0.200 e. The summed E-state index contributed by atoms with van der Waals surface area (Å²) in [5.41, 5.74) is 0. The molecule has 0 bridgehead atoms. The zero-order chi connectivity index (χ0) is 7.61. The van der Waals surface area contributed by atoms with Crippen LogP contribution in [0.4, 0.5) is 0 Å². The summed E-state index contributed by atoms with van der Waals surface area (Å²) in [7, 11) is -0.213. The molecule has 0 nitrogen and oxygen atoms in total. The minimum atomic E-state index is -0.989. The minimum Gasteiger partial charge on any atom is -0.111 e. The molecular weight excluding hydrogens is 288 g/mol. The highest BCUT2D eigenvalue weighted by Crippen LogP contribution is 2.39. The van der Waals surface area contributed by atoms with E-state index in [2.05, 4.69) is 37.5 Å². The molecule has 4 heteroatoms. The van der Waals surface area contributed by atoms with Gasteiger partial charge in [0.15, 0.2) is 0 Å². The number of hydrogen-bond donors (Lipinski definition) is 0. The van der Waals surface area contributed by atoms with Crippen molar-refractivity contribution in [1.29, 1.82) is 0 Å². The van der Waals surface area contributed by atoms with Crippen molar-refractivity contribution in [3.8, 4) is 0 Å². The topological polar surface area (TPSA) is 0 Å². The molecule has 1 saturated heterocycles. The third kappa shape index (κ3) is 2.79. The highest BCUT2D eigenvalue weighted by molar-refractivity contribution is 9.51. The third-order valence-electron chi connectivity index (χ3n) is 2.41. The summed E-state index contributed by atoms with van der Waals surface area (Å²) >= 11 is 7.65. The van der Waals surface area contributed by atoms with Crippen LogP contribution >= 0.6 is 30.6 Å². The molecule has 1 rings (SSSR count). The van der Waals surface area contributed by atoms with Crippen molar-refractivity contribution < 1.29 is 0 Å². The van der Waals surface area contributed by atoms with Gasteiger partial charge in [-0.3, -0.25) is 0 Å². The number of hydrogen-bond acceptors (Lipinski definition) is 0. The monoisotopic (exact) mass is 300 g/mol. The fourth-order valence-electron chi connectivity index (χ4n) is 1.51. The molecule has 60 valence electrons. The van der Waals surface area contributed by atoms with Crippen LogP contribution in [-0.2, 0) is 0 Å². The van der Waals surface area contributed by atoms with E-state index in [1.54, 1.807) is 12.1 Å². The molecule has 1 aliphatic rings. The van der Waals surface area contributed by atoms with Gasteiger partial charge in [-0.15, -0.1) is 30.6 Å². The first kappa shape index (κ1) is 9.48. The van der Waals surface area contributed by atoms with Gasteiger partial charge in [0.1, 0.15) is 0 Å². The molecule has 1 aliphatic heterocycles. The van der Waals surface area contributed by atoms with Crippen molar-refractivity contribution >= 4 is 44.7 Å². The second-order valence-electron chi connectivity index (χ2n) is 3.21. The van der Waals surface area contributed by atoms with E-state index >= 15 is 0 Å². The Morgan fingerprint density at radius 1 is 1.30 bits per heavy atom. The van der Waals surface area contributed by atoms with E-state index < -0.39 is 5.31 Å². The van der Waals surface area contributed by atoms with Crippen LogP contribution in [0.1, 0.15) is 6.92 Å². The Morgan fingerprint density at radius 2 is 1.80 bits per heavy atom. The largest absolute Gasteiger partial charge is 0.200 e. The summed E-state index contributed by atoms with van der Waals surface area (Å²) in [5, 5.41) is -0.989. The number of halogens is 2. The van der Waals surface area contributed by atoms with Gasteiger partial charge in [-0.1, -0.05) is 25.1 Å². The molecule has 0 N–H and O–H groups in total. The van der Waals surface area contributed by atoms with Crippen molar-refractivity contribution in [3.05, 3.63) is 0 Å². The van der Waals surface area contributed by atoms with Crippen molar-refractivity contribution in [3.63, 3.8) is 0 Å². The van der Waals surface area contributed by atoms with Crippen LogP contribution in [0.3, 0.4) is 0 Å². The van der Waals surface area contributed by atoms with Gasteiger partial charge in [0.2, 0.25) is 5.31 Å². The van der Waals surface area contributed by atoms with E-state index in [1.807, 2.05) is 0 Å². The van der Waals surface area contributed by atoms with Crippen molar-refractivity contribution in [2.75, 3.05) is 0 Å². The molecule has 0 spiro atoms. The van der Waals surface area contributed by atoms with Crippen molar-refractivity contribution in [1.82, 2.24) is 0 Å². The first-order valence-corrected chi connectivity index (χ1v) is 13.4. The van der Waals surface area contributed by atoms with Crippen molar-refractivity contribution in [2.45, 2.75) is 37.1 Å². The van der Waals surface area contributed by atoms with Gasteiger partial charge in [-0.05, 0) is 12.1 Å². The highest BCUT2D eigenvalue weighted by Gasteiger charge is 2.32. The van der Waals surface area contributed by atoms with Crippen LogP contribution in [0.5, 0.6) is 0 Å². The van der Waals surface area contributed by atoms with E-state index in [0.29, 0.717) is 0 Å². The molecule has 0 aromatic carbocycles. The molecule has 0 atom stereocenters. The summed E-state index contributed by atoms with van der Waals surface area (Å²) in [4.78, 5) is 0. The quantitative estimate of drug-likeness (QED) is 0.514. The van der Waals surface area contributed by atoms with Crippen LogP contribution in [0, 0.1) is 0 Å². The molecule has 0 unspecified atom stereocenters. The Hall–Kier alpha value is 1.39. The van der Waals surface area contributed by atoms with Crippen LogP contribution in [0.2, 0.25) is 30.2 Å². The second kappa shape index (κ2) is 3.87. The van der Waals surface area contributed by atoms with E-state index in [4.69, 9.17) is 0 Å². The Labute approximate surface area is 81.6 Å². The van der Waals surface area contributed by atoms with Crippen LogP contribution in [0.25, 0.3) is 0 Å². The maximum atomic E-state index is 3.83. The lowest BCUT2D eigenvalue weighted by Gasteiger charge is -2.27. The van der Waals surface area contributed by atoms with E-state index in [9.17, 15) is 0 Å². The van der Waals surface area contributed by atoms with Gasteiger partial charge < -0.3 is 0 Å². The first-order valence-electron chi connectivity index (χ1n) is 4.02. The molecule has 0 aromatic heterocycles. The fraction of sp³-hybridized carbons (Fsp3) is 1.00. The molecule has 0 radical (unpaired) electrons. The Morgan fingerprint density at radius 3 is 2.20 bits per heavy atom. The SMILES string of the molecule is CC[SiH]1CC[Si](Br)(Br)CC1. The maximum absolute atomic E-state index is 3.83. The smallest absolute Gasteiger partial charge is 0.111 e. The Balaban J connectivity index is 2.31. The third-order valence-corrected chi connectivity index (χ3v) is 13.7. The second-order valence-corrected chi connectivity index (χ2v) is 21.9.